The Hall–Kier alpha value is -1.36. The first-order valence-corrected chi connectivity index (χ1v) is 5.59. The van der Waals surface area contributed by atoms with E-state index in [1.807, 2.05) is 25.1 Å². The third-order valence-electron chi connectivity index (χ3n) is 2.26. The molecule has 84 valence electrons. The largest absolute Gasteiger partial charge is 0.390 e. The molecule has 1 aliphatic rings. The number of hydrogen-bond donors (Lipinski definition) is 0. The van der Waals surface area contributed by atoms with Crippen LogP contribution in [0.25, 0.3) is 0 Å². The molecule has 1 aromatic rings. The lowest BCUT2D eigenvalue weighted by atomic mass is 10.2. The highest BCUT2D eigenvalue weighted by atomic mass is 79.9. The number of carbonyl (C=O) groups excluding carboxylic acids is 2. The summed E-state index contributed by atoms with van der Waals surface area (Å²) in [6.45, 7) is 2.18. The van der Waals surface area contributed by atoms with Gasteiger partial charge in [0.15, 0.2) is 0 Å². The minimum Gasteiger partial charge on any atom is -0.390 e. The first kappa shape index (κ1) is 11.1. The smallest absolute Gasteiger partial charge is 0.333 e. The van der Waals surface area contributed by atoms with Crippen molar-refractivity contribution in [3.8, 4) is 0 Å². The van der Waals surface area contributed by atoms with Gasteiger partial charge < -0.3 is 9.64 Å². The van der Waals surface area contributed by atoms with E-state index in [0.717, 1.165) is 15.7 Å². The minimum atomic E-state index is -0.506. The standard InChI is InChI=1S/C11H10BrNO3/c1-7-2-8(12)4-9(3-7)13-5-10(14)16-11(15)6-13/h2-4H,5-6H2,1H3. The first-order chi connectivity index (χ1) is 7.54. The Bertz CT molecular complexity index is 422. The lowest BCUT2D eigenvalue weighted by molar-refractivity contribution is -0.160. The van der Waals surface area contributed by atoms with Crippen molar-refractivity contribution in [1.82, 2.24) is 0 Å². The number of aryl methyl sites for hydroxylation is 1. The van der Waals surface area contributed by atoms with Gasteiger partial charge in [0, 0.05) is 10.2 Å². The maximum atomic E-state index is 11.1. The van der Waals surface area contributed by atoms with Crippen molar-refractivity contribution in [2.45, 2.75) is 6.92 Å². The summed E-state index contributed by atoms with van der Waals surface area (Å²) >= 11 is 3.38. The van der Waals surface area contributed by atoms with Crippen LogP contribution in [0, 0.1) is 6.92 Å². The monoisotopic (exact) mass is 283 g/mol. The molecule has 1 aromatic carbocycles. The molecule has 0 amide bonds. The van der Waals surface area contributed by atoms with Crippen molar-refractivity contribution in [1.29, 1.82) is 0 Å². The van der Waals surface area contributed by atoms with Gasteiger partial charge in [0.2, 0.25) is 0 Å². The first-order valence-electron chi connectivity index (χ1n) is 4.80. The number of morpholine rings is 1. The summed E-state index contributed by atoms with van der Waals surface area (Å²) in [5.41, 5.74) is 1.91. The lowest BCUT2D eigenvalue weighted by Gasteiger charge is -2.26. The van der Waals surface area contributed by atoms with Crippen LogP contribution >= 0.6 is 15.9 Å². The Morgan fingerprint density at radius 1 is 1.19 bits per heavy atom. The van der Waals surface area contributed by atoms with Crippen molar-refractivity contribution in [3.05, 3.63) is 28.2 Å². The third kappa shape index (κ3) is 2.41. The van der Waals surface area contributed by atoms with Gasteiger partial charge in [-0.05, 0) is 30.7 Å². The van der Waals surface area contributed by atoms with Gasteiger partial charge in [-0.3, -0.25) is 0 Å². The fourth-order valence-corrected chi connectivity index (χ4v) is 2.24. The van der Waals surface area contributed by atoms with E-state index in [2.05, 4.69) is 20.7 Å². The lowest BCUT2D eigenvalue weighted by Crippen LogP contribution is -2.43. The number of esters is 2. The van der Waals surface area contributed by atoms with Crippen LogP contribution in [0.3, 0.4) is 0 Å². The Morgan fingerprint density at radius 2 is 1.81 bits per heavy atom. The summed E-state index contributed by atoms with van der Waals surface area (Å²) in [4.78, 5) is 24.0. The van der Waals surface area contributed by atoms with Crippen molar-refractivity contribution in [2.24, 2.45) is 0 Å². The molecule has 1 saturated heterocycles. The van der Waals surface area contributed by atoms with Crippen LogP contribution in [0.15, 0.2) is 22.7 Å². The van der Waals surface area contributed by atoms with Crippen molar-refractivity contribution in [2.75, 3.05) is 18.0 Å². The topological polar surface area (TPSA) is 46.6 Å². The molecule has 4 nitrogen and oxygen atoms in total. The summed E-state index contributed by atoms with van der Waals surface area (Å²) in [7, 11) is 0. The molecule has 5 heteroatoms. The molecule has 0 N–H and O–H groups in total. The molecular weight excluding hydrogens is 274 g/mol. The number of ether oxygens (including phenoxy) is 1. The molecule has 0 unspecified atom stereocenters. The number of carbonyl (C=O) groups is 2. The fourth-order valence-electron chi connectivity index (χ4n) is 1.64. The summed E-state index contributed by atoms with van der Waals surface area (Å²) in [6.07, 6.45) is 0. The Balaban J connectivity index is 2.29. The number of hydrogen-bond acceptors (Lipinski definition) is 4. The minimum absolute atomic E-state index is 0.113. The van der Waals surface area contributed by atoms with Gasteiger partial charge in [-0.25, -0.2) is 9.59 Å². The summed E-state index contributed by atoms with van der Waals surface area (Å²) < 4.78 is 5.39. The van der Waals surface area contributed by atoms with E-state index in [-0.39, 0.29) is 13.1 Å². The van der Waals surface area contributed by atoms with Gasteiger partial charge in [0.1, 0.15) is 13.1 Å². The van der Waals surface area contributed by atoms with Gasteiger partial charge in [-0.2, -0.15) is 0 Å². The van der Waals surface area contributed by atoms with Gasteiger partial charge in [0.25, 0.3) is 0 Å². The normalized spacial score (nSPS) is 16.2. The molecule has 2 rings (SSSR count). The number of rotatable bonds is 1. The van der Waals surface area contributed by atoms with E-state index in [1.165, 1.54) is 0 Å². The van der Waals surface area contributed by atoms with Crippen LogP contribution < -0.4 is 4.90 Å². The number of halogens is 1. The Morgan fingerprint density at radius 3 is 2.38 bits per heavy atom. The van der Waals surface area contributed by atoms with Crippen LogP contribution in [0.2, 0.25) is 0 Å². The summed E-state index contributed by atoms with van der Waals surface area (Å²) in [6, 6.07) is 5.77. The second kappa shape index (κ2) is 4.25. The van der Waals surface area contributed by atoms with Gasteiger partial charge >= 0.3 is 11.9 Å². The summed E-state index contributed by atoms with van der Waals surface area (Å²) in [5, 5.41) is 0. The molecule has 0 aromatic heterocycles. The second-order valence-corrected chi connectivity index (χ2v) is 4.60. The molecule has 0 saturated carbocycles. The maximum absolute atomic E-state index is 11.1. The molecule has 0 radical (unpaired) electrons. The Labute approximate surface area is 101 Å². The van der Waals surface area contributed by atoms with E-state index >= 15 is 0 Å². The SMILES string of the molecule is Cc1cc(Br)cc(N2CC(=O)OC(=O)C2)c1. The molecule has 0 aliphatic carbocycles. The molecule has 16 heavy (non-hydrogen) atoms. The molecule has 0 atom stereocenters. The zero-order chi connectivity index (χ0) is 11.7. The molecule has 0 spiro atoms. The third-order valence-corrected chi connectivity index (χ3v) is 2.72. The average Bonchev–Trinajstić information content (AvgIpc) is 2.14. The van der Waals surface area contributed by atoms with Crippen LogP contribution in [-0.4, -0.2) is 25.0 Å². The average molecular weight is 284 g/mol. The van der Waals surface area contributed by atoms with Gasteiger partial charge in [-0.1, -0.05) is 15.9 Å². The van der Waals surface area contributed by atoms with E-state index in [0.29, 0.717) is 0 Å². The zero-order valence-corrected chi connectivity index (χ0v) is 10.3. The number of anilines is 1. The van der Waals surface area contributed by atoms with Gasteiger partial charge in [-0.15, -0.1) is 0 Å². The zero-order valence-electron chi connectivity index (χ0n) is 8.70. The number of nitrogens with zero attached hydrogens (tertiary/aromatic N) is 1. The van der Waals surface area contributed by atoms with Crippen LogP contribution in [-0.2, 0) is 14.3 Å². The van der Waals surface area contributed by atoms with E-state index in [4.69, 9.17) is 0 Å². The summed E-state index contributed by atoms with van der Waals surface area (Å²) in [5.74, 6) is -1.01. The van der Waals surface area contributed by atoms with Crippen molar-refractivity contribution >= 4 is 33.6 Å². The number of cyclic esters (lactones) is 2. The van der Waals surface area contributed by atoms with E-state index in [1.54, 1.807) is 4.90 Å². The highest BCUT2D eigenvalue weighted by molar-refractivity contribution is 9.10. The van der Waals surface area contributed by atoms with E-state index in [9.17, 15) is 9.59 Å². The highest BCUT2D eigenvalue weighted by Gasteiger charge is 2.25. The molecule has 1 heterocycles. The predicted octanol–water partition coefficient (Wildman–Crippen LogP) is 1.65. The molecule has 0 bridgehead atoms. The van der Waals surface area contributed by atoms with Crippen molar-refractivity contribution in [3.63, 3.8) is 0 Å². The molecular formula is C11H10BrNO3. The molecule has 1 fully saturated rings. The maximum Gasteiger partial charge on any atom is 0.333 e. The van der Waals surface area contributed by atoms with Gasteiger partial charge in [0.05, 0.1) is 0 Å². The van der Waals surface area contributed by atoms with E-state index < -0.39 is 11.9 Å². The molecule has 1 aliphatic heterocycles. The highest BCUT2D eigenvalue weighted by Crippen LogP contribution is 2.23. The quantitative estimate of drug-likeness (QED) is 0.581. The Kier molecular flexibility index (Phi) is 2.96. The van der Waals surface area contributed by atoms with Crippen LogP contribution in [0.5, 0.6) is 0 Å². The second-order valence-electron chi connectivity index (χ2n) is 3.69. The van der Waals surface area contributed by atoms with Crippen molar-refractivity contribution < 1.29 is 14.3 Å². The number of benzene rings is 1. The van der Waals surface area contributed by atoms with Crippen LogP contribution in [0.1, 0.15) is 5.56 Å². The fraction of sp³-hybridized carbons (Fsp3) is 0.273. The predicted molar refractivity (Wildman–Crippen MR) is 62.2 cm³/mol. The van der Waals surface area contributed by atoms with Crippen LogP contribution in [0.4, 0.5) is 5.69 Å².